The first kappa shape index (κ1) is 20.6. The van der Waals surface area contributed by atoms with Crippen molar-refractivity contribution in [2.45, 2.75) is 6.54 Å². The molecule has 0 bridgehead atoms. The Bertz CT molecular complexity index is 1360. The number of nitriles is 1. The van der Waals surface area contributed by atoms with Gasteiger partial charge in [0.1, 0.15) is 6.54 Å². The molecular formula is C26H19N3O3. The molecule has 1 aromatic heterocycles. The van der Waals surface area contributed by atoms with Crippen LogP contribution in [-0.2, 0) is 11.3 Å². The molecule has 3 aromatic carbocycles. The van der Waals surface area contributed by atoms with Crippen LogP contribution in [0.2, 0.25) is 0 Å². The van der Waals surface area contributed by atoms with Crippen LogP contribution in [0.15, 0.2) is 85.1 Å². The molecular weight excluding hydrogens is 402 g/mol. The van der Waals surface area contributed by atoms with Gasteiger partial charge in [-0.15, -0.1) is 0 Å². The number of nitrogens with one attached hydrogen (secondary N) is 1. The molecule has 0 atom stereocenters. The lowest BCUT2D eigenvalue weighted by Crippen LogP contribution is -2.18. The molecule has 2 N–H and O–H groups in total. The molecule has 0 unspecified atom stereocenters. The first-order valence-electron chi connectivity index (χ1n) is 9.93. The predicted octanol–water partition coefficient (Wildman–Crippen LogP) is 5.04. The van der Waals surface area contributed by atoms with Crippen molar-refractivity contribution in [2.75, 3.05) is 5.32 Å². The number of para-hydroxylation sites is 2. The van der Waals surface area contributed by atoms with Gasteiger partial charge in [-0.1, -0.05) is 48.5 Å². The van der Waals surface area contributed by atoms with Crippen LogP contribution in [0.5, 0.6) is 0 Å². The number of aromatic carboxylic acids is 1. The Morgan fingerprint density at radius 2 is 1.59 bits per heavy atom. The molecule has 0 radical (unpaired) electrons. The van der Waals surface area contributed by atoms with E-state index in [0.717, 1.165) is 22.2 Å². The average Bonchev–Trinajstić information content (AvgIpc) is 3.15. The second kappa shape index (κ2) is 9.02. The summed E-state index contributed by atoms with van der Waals surface area (Å²) in [5.41, 5.74) is 3.58. The fourth-order valence-corrected chi connectivity index (χ4v) is 3.53. The summed E-state index contributed by atoms with van der Waals surface area (Å²) >= 11 is 0. The molecule has 4 rings (SSSR count). The topological polar surface area (TPSA) is 95.1 Å². The van der Waals surface area contributed by atoms with Gasteiger partial charge in [0.2, 0.25) is 5.91 Å². The number of allylic oxidation sites excluding steroid dienone is 1. The fourth-order valence-electron chi connectivity index (χ4n) is 3.53. The Hall–Kier alpha value is -4.63. The SMILES string of the molecule is N#CC(=Cc1cn(CC(=O)Nc2ccccc2)c2ccccc12)c1ccc(C(=O)O)cc1. The van der Waals surface area contributed by atoms with E-state index in [1.165, 1.54) is 12.1 Å². The minimum absolute atomic E-state index is 0.123. The van der Waals surface area contributed by atoms with E-state index in [1.54, 1.807) is 18.2 Å². The molecule has 4 aromatic rings. The van der Waals surface area contributed by atoms with Crippen molar-refractivity contribution in [3.05, 3.63) is 102 Å². The first-order valence-corrected chi connectivity index (χ1v) is 9.93. The molecule has 0 saturated carbocycles. The molecule has 6 heteroatoms. The molecule has 156 valence electrons. The minimum atomic E-state index is -1.02. The quantitative estimate of drug-likeness (QED) is 0.426. The van der Waals surface area contributed by atoms with E-state index in [0.29, 0.717) is 11.1 Å². The van der Waals surface area contributed by atoms with E-state index in [9.17, 15) is 14.9 Å². The number of hydrogen-bond donors (Lipinski definition) is 2. The van der Waals surface area contributed by atoms with Crippen LogP contribution in [0.25, 0.3) is 22.6 Å². The standard InChI is InChI=1S/C26H19N3O3/c27-15-20(18-10-12-19(13-11-18)26(31)32)14-21-16-29(24-9-5-4-8-23(21)24)17-25(30)28-22-6-2-1-3-7-22/h1-14,16H,17H2,(H,28,30)(H,31,32). The molecule has 0 spiro atoms. The van der Waals surface area contributed by atoms with Gasteiger partial charge in [-0.25, -0.2) is 4.79 Å². The molecule has 6 nitrogen and oxygen atoms in total. The number of amides is 1. The highest BCUT2D eigenvalue weighted by Gasteiger charge is 2.12. The van der Waals surface area contributed by atoms with Gasteiger partial charge < -0.3 is 15.0 Å². The number of aromatic nitrogens is 1. The van der Waals surface area contributed by atoms with E-state index in [2.05, 4.69) is 11.4 Å². The number of nitrogens with zero attached hydrogens (tertiary/aromatic N) is 2. The van der Waals surface area contributed by atoms with Crippen LogP contribution >= 0.6 is 0 Å². The van der Waals surface area contributed by atoms with Gasteiger partial charge in [0.25, 0.3) is 0 Å². The smallest absolute Gasteiger partial charge is 0.335 e. The lowest BCUT2D eigenvalue weighted by molar-refractivity contribution is -0.116. The first-order chi connectivity index (χ1) is 15.5. The Labute approximate surface area is 184 Å². The maximum atomic E-state index is 12.6. The summed E-state index contributed by atoms with van der Waals surface area (Å²) in [6.45, 7) is 0.123. The Morgan fingerprint density at radius 1 is 0.938 bits per heavy atom. The average molecular weight is 421 g/mol. The largest absolute Gasteiger partial charge is 0.478 e. The van der Waals surface area contributed by atoms with Gasteiger partial charge in [-0.2, -0.15) is 5.26 Å². The second-order valence-corrected chi connectivity index (χ2v) is 7.20. The fraction of sp³-hybridized carbons (Fsp3) is 0.0385. The minimum Gasteiger partial charge on any atom is -0.478 e. The second-order valence-electron chi connectivity index (χ2n) is 7.20. The van der Waals surface area contributed by atoms with Crippen LogP contribution in [0.3, 0.4) is 0 Å². The molecule has 0 aliphatic carbocycles. The summed E-state index contributed by atoms with van der Waals surface area (Å²) in [6, 6.07) is 25.3. The lowest BCUT2D eigenvalue weighted by atomic mass is 10.0. The zero-order valence-corrected chi connectivity index (χ0v) is 17.0. The van der Waals surface area contributed by atoms with Crippen molar-refractivity contribution < 1.29 is 14.7 Å². The third-order valence-corrected chi connectivity index (χ3v) is 5.05. The number of carbonyl (C=O) groups excluding carboxylic acids is 1. The third-order valence-electron chi connectivity index (χ3n) is 5.05. The summed E-state index contributed by atoms with van der Waals surface area (Å²) in [6.07, 6.45) is 3.60. The molecule has 1 amide bonds. The Balaban J connectivity index is 1.66. The number of anilines is 1. The zero-order valence-electron chi connectivity index (χ0n) is 17.0. The van der Waals surface area contributed by atoms with Crippen molar-refractivity contribution in [3.63, 3.8) is 0 Å². The highest BCUT2D eigenvalue weighted by atomic mass is 16.4. The van der Waals surface area contributed by atoms with E-state index in [-0.39, 0.29) is 18.0 Å². The molecule has 0 saturated heterocycles. The van der Waals surface area contributed by atoms with Gasteiger partial charge in [0.15, 0.2) is 0 Å². The maximum absolute atomic E-state index is 12.6. The monoisotopic (exact) mass is 421 g/mol. The van der Waals surface area contributed by atoms with E-state index in [4.69, 9.17) is 5.11 Å². The number of carbonyl (C=O) groups is 2. The number of hydrogen-bond acceptors (Lipinski definition) is 3. The van der Waals surface area contributed by atoms with Gasteiger partial charge in [-0.05, 0) is 42.0 Å². The predicted molar refractivity (Wildman–Crippen MR) is 124 cm³/mol. The summed E-state index contributed by atoms with van der Waals surface area (Å²) in [5.74, 6) is -1.17. The Kier molecular flexibility index (Phi) is 5.82. The number of rotatable bonds is 6. The van der Waals surface area contributed by atoms with Crippen molar-refractivity contribution >= 4 is 40.1 Å². The molecule has 1 heterocycles. The maximum Gasteiger partial charge on any atom is 0.335 e. The highest BCUT2D eigenvalue weighted by Crippen LogP contribution is 2.26. The number of carboxylic acid groups (broad SMARTS) is 1. The van der Waals surface area contributed by atoms with Crippen LogP contribution in [0, 0.1) is 11.3 Å². The van der Waals surface area contributed by atoms with Crippen molar-refractivity contribution in [2.24, 2.45) is 0 Å². The number of benzene rings is 3. The van der Waals surface area contributed by atoms with Crippen molar-refractivity contribution in [3.8, 4) is 6.07 Å². The van der Waals surface area contributed by atoms with Gasteiger partial charge in [0, 0.05) is 28.4 Å². The highest BCUT2D eigenvalue weighted by molar-refractivity contribution is 5.99. The van der Waals surface area contributed by atoms with Crippen LogP contribution in [0.1, 0.15) is 21.5 Å². The van der Waals surface area contributed by atoms with Gasteiger partial charge in [0.05, 0.1) is 17.2 Å². The van der Waals surface area contributed by atoms with Gasteiger partial charge >= 0.3 is 5.97 Å². The molecule has 0 aliphatic heterocycles. The summed E-state index contributed by atoms with van der Waals surface area (Å²) in [7, 11) is 0. The van der Waals surface area contributed by atoms with Crippen molar-refractivity contribution in [1.82, 2.24) is 4.57 Å². The molecule has 0 aliphatic rings. The summed E-state index contributed by atoms with van der Waals surface area (Å²) in [4.78, 5) is 23.7. The summed E-state index contributed by atoms with van der Waals surface area (Å²) in [5, 5.41) is 22.6. The summed E-state index contributed by atoms with van der Waals surface area (Å²) < 4.78 is 1.85. The number of carboxylic acids is 1. The third kappa shape index (κ3) is 4.42. The van der Waals surface area contributed by atoms with Crippen LogP contribution < -0.4 is 5.32 Å². The number of fused-ring (bicyclic) bond motifs is 1. The van der Waals surface area contributed by atoms with E-state index >= 15 is 0 Å². The van der Waals surface area contributed by atoms with Crippen molar-refractivity contribution in [1.29, 1.82) is 5.26 Å². The molecule has 0 fully saturated rings. The van der Waals surface area contributed by atoms with Crippen LogP contribution in [0.4, 0.5) is 5.69 Å². The van der Waals surface area contributed by atoms with E-state index < -0.39 is 5.97 Å². The zero-order chi connectivity index (χ0) is 22.5. The normalized spacial score (nSPS) is 11.2. The lowest BCUT2D eigenvalue weighted by Gasteiger charge is -2.07. The van der Waals surface area contributed by atoms with E-state index in [1.807, 2.05) is 65.4 Å². The molecule has 32 heavy (non-hydrogen) atoms. The van der Waals surface area contributed by atoms with Crippen LogP contribution in [-0.4, -0.2) is 21.6 Å². The Morgan fingerprint density at radius 3 is 2.28 bits per heavy atom. The van der Waals surface area contributed by atoms with Gasteiger partial charge in [-0.3, -0.25) is 4.79 Å².